The van der Waals surface area contributed by atoms with Crippen LogP contribution >= 0.6 is 23.4 Å². The molecule has 1 aliphatic rings. The summed E-state index contributed by atoms with van der Waals surface area (Å²) in [4.78, 5) is 28.6. The van der Waals surface area contributed by atoms with Gasteiger partial charge in [-0.15, -0.1) is 0 Å². The normalized spacial score (nSPS) is 16.2. The maximum atomic E-state index is 13.1. The van der Waals surface area contributed by atoms with E-state index in [1.165, 1.54) is 30.0 Å². The van der Waals surface area contributed by atoms with Crippen molar-refractivity contribution in [2.75, 3.05) is 11.1 Å². The van der Waals surface area contributed by atoms with Crippen molar-refractivity contribution in [3.63, 3.8) is 0 Å². The lowest BCUT2D eigenvalue weighted by atomic mass is 10.2. The predicted molar refractivity (Wildman–Crippen MR) is 87.7 cm³/mol. The number of fused-ring (bicyclic) bond motifs is 1. The highest BCUT2D eigenvalue weighted by Gasteiger charge is 2.27. The van der Waals surface area contributed by atoms with Crippen LogP contribution in [0.15, 0.2) is 34.3 Å². The molecule has 2 heterocycles. The quantitative estimate of drug-likeness (QED) is 0.861. The molecule has 5 nitrogen and oxygen atoms in total. The van der Waals surface area contributed by atoms with Crippen LogP contribution in [-0.4, -0.2) is 21.2 Å². The largest absolute Gasteiger partial charge is 0.326 e. The number of anilines is 1. The molecule has 0 radical (unpaired) electrons. The summed E-state index contributed by atoms with van der Waals surface area (Å²) in [5, 5.41) is 3.24. The van der Waals surface area contributed by atoms with Crippen molar-refractivity contribution < 1.29 is 9.18 Å². The van der Waals surface area contributed by atoms with Crippen LogP contribution in [0.1, 0.15) is 18.0 Å². The Morgan fingerprint density at radius 2 is 2.35 bits per heavy atom. The molecule has 3 rings (SSSR count). The van der Waals surface area contributed by atoms with E-state index in [9.17, 15) is 14.0 Å². The summed E-state index contributed by atoms with van der Waals surface area (Å²) in [6.07, 6.45) is 1.68. The standard InChI is InChI=1S/C15H13ClFN3O2S/c1-8-6-18-15-20(14(8)22)10(7-23-15)5-13(21)19-9-2-3-12(17)11(16)4-9/h2-4,6,10H,5,7H2,1H3,(H,19,21)/t10-/m1/s1. The minimum absolute atomic E-state index is 0.0550. The highest BCUT2D eigenvalue weighted by molar-refractivity contribution is 7.99. The average Bonchev–Trinajstić information content (AvgIpc) is 2.90. The van der Waals surface area contributed by atoms with Crippen molar-refractivity contribution in [1.82, 2.24) is 9.55 Å². The molecular formula is C15H13ClFN3O2S. The SMILES string of the molecule is Cc1cnc2n(c1=O)[C@H](CC(=O)Nc1ccc(F)c(Cl)c1)CS2. The Bertz CT molecular complexity index is 840. The second-order valence-electron chi connectivity index (χ2n) is 5.24. The van der Waals surface area contributed by atoms with Gasteiger partial charge in [-0.05, 0) is 25.1 Å². The Labute approximate surface area is 140 Å². The van der Waals surface area contributed by atoms with Gasteiger partial charge in [0.2, 0.25) is 5.91 Å². The summed E-state index contributed by atoms with van der Waals surface area (Å²) < 4.78 is 14.7. The molecule has 1 atom stereocenters. The summed E-state index contributed by atoms with van der Waals surface area (Å²) in [6, 6.07) is 3.74. The van der Waals surface area contributed by atoms with Crippen molar-refractivity contribution in [3.05, 3.63) is 51.2 Å². The third kappa shape index (κ3) is 3.25. The Morgan fingerprint density at radius 1 is 1.57 bits per heavy atom. The van der Waals surface area contributed by atoms with Gasteiger partial charge in [-0.2, -0.15) is 0 Å². The zero-order valence-corrected chi connectivity index (χ0v) is 13.7. The number of nitrogens with one attached hydrogen (secondary N) is 1. The molecular weight excluding hydrogens is 341 g/mol. The van der Waals surface area contributed by atoms with Gasteiger partial charge >= 0.3 is 0 Å². The first kappa shape index (κ1) is 16.0. The Morgan fingerprint density at radius 3 is 3.09 bits per heavy atom. The first-order chi connectivity index (χ1) is 11.0. The highest BCUT2D eigenvalue weighted by atomic mass is 35.5. The molecule has 0 bridgehead atoms. The number of aromatic nitrogens is 2. The van der Waals surface area contributed by atoms with E-state index in [2.05, 4.69) is 10.3 Å². The van der Waals surface area contributed by atoms with Gasteiger partial charge in [0, 0.05) is 29.6 Å². The number of carbonyl (C=O) groups excluding carboxylic acids is 1. The summed E-state index contributed by atoms with van der Waals surface area (Å²) in [5.74, 6) is -0.193. The topological polar surface area (TPSA) is 64.0 Å². The van der Waals surface area contributed by atoms with Crippen LogP contribution < -0.4 is 10.9 Å². The summed E-state index contributed by atoms with van der Waals surface area (Å²) in [5.41, 5.74) is 0.844. The second kappa shape index (κ2) is 6.33. The summed E-state index contributed by atoms with van der Waals surface area (Å²) in [7, 11) is 0. The number of hydrogen-bond acceptors (Lipinski definition) is 4. The van der Waals surface area contributed by atoms with Crippen molar-refractivity contribution in [2.45, 2.75) is 24.5 Å². The van der Waals surface area contributed by atoms with E-state index in [-0.39, 0.29) is 29.0 Å². The van der Waals surface area contributed by atoms with Gasteiger partial charge in [0.1, 0.15) is 5.82 Å². The molecule has 1 aromatic carbocycles. The van der Waals surface area contributed by atoms with Crippen molar-refractivity contribution in [2.24, 2.45) is 0 Å². The van der Waals surface area contributed by atoms with Gasteiger partial charge in [-0.3, -0.25) is 14.2 Å². The zero-order chi connectivity index (χ0) is 16.6. The smallest absolute Gasteiger partial charge is 0.257 e. The van der Waals surface area contributed by atoms with Gasteiger partial charge in [-0.25, -0.2) is 9.37 Å². The van der Waals surface area contributed by atoms with E-state index in [4.69, 9.17) is 11.6 Å². The average molecular weight is 354 g/mol. The van der Waals surface area contributed by atoms with Gasteiger partial charge in [0.15, 0.2) is 5.16 Å². The fraction of sp³-hybridized carbons (Fsp3) is 0.267. The molecule has 0 unspecified atom stereocenters. The van der Waals surface area contributed by atoms with Crippen molar-refractivity contribution in [3.8, 4) is 0 Å². The summed E-state index contributed by atoms with van der Waals surface area (Å²) in [6.45, 7) is 1.70. The number of hydrogen-bond donors (Lipinski definition) is 1. The second-order valence-corrected chi connectivity index (χ2v) is 6.64. The van der Waals surface area contributed by atoms with Gasteiger partial charge in [0.25, 0.3) is 5.56 Å². The molecule has 1 aromatic heterocycles. The van der Waals surface area contributed by atoms with Gasteiger partial charge in [-0.1, -0.05) is 23.4 Å². The first-order valence-electron chi connectivity index (χ1n) is 6.91. The molecule has 1 N–H and O–H groups in total. The number of benzene rings is 1. The maximum Gasteiger partial charge on any atom is 0.257 e. The number of carbonyl (C=O) groups is 1. The lowest BCUT2D eigenvalue weighted by Gasteiger charge is -2.13. The molecule has 1 aliphatic heterocycles. The van der Waals surface area contributed by atoms with Crippen LogP contribution in [0.5, 0.6) is 0 Å². The molecule has 23 heavy (non-hydrogen) atoms. The van der Waals surface area contributed by atoms with Crippen LogP contribution in [0, 0.1) is 12.7 Å². The molecule has 8 heteroatoms. The lowest BCUT2D eigenvalue weighted by molar-refractivity contribution is -0.116. The van der Waals surface area contributed by atoms with E-state index in [1.54, 1.807) is 17.7 Å². The zero-order valence-electron chi connectivity index (χ0n) is 12.2. The van der Waals surface area contributed by atoms with E-state index >= 15 is 0 Å². The van der Waals surface area contributed by atoms with E-state index in [1.807, 2.05) is 0 Å². The van der Waals surface area contributed by atoms with E-state index < -0.39 is 5.82 Å². The fourth-order valence-corrected chi connectivity index (χ4v) is 3.66. The third-order valence-electron chi connectivity index (χ3n) is 3.53. The number of aryl methyl sites for hydroxylation is 1. The number of thioether (sulfide) groups is 1. The minimum atomic E-state index is -0.543. The monoisotopic (exact) mass is 353 g/mol. The third-order valence-corrected chi connectivity index (χ3v) is 4.93. The molecule has 0 saturated heterocycles. The number of halogens is 2. The summed E-state index contributed by atoms with van der Waals surface area (Å²) >= 11 is 7.14. The van der Waals surface area contributed by atoms with Crippen LogP contribution in [0.25, 0.3) is 0 Å². The van der Waals surface area contributed by atoms with Crippen LogP contribution in [0.3, 0.4) is 0 Å². The minimum Gasteiger partial charge on any atom is -0.326 e. The molecule has 120 valence electrons. The number of nitrogens with zero attached hydrogens (tertiary/aromatic N) is 2. The molecule has 2 aromatic rings. The van der Waals surface area contributed by atoms with Crippen LogP contribution in [0.2, 0.25) is 5.02 Å². The molecule has 0 saturated carbocycles. The predicted octanol–water partition coefficient (Wildman–Crippen LogP) is 3.02. The van der Waals surface area contributed by atoms with Gasteiger partial charge < -0.3 is 5.32 Å². The Hall–Kier alpha value is -1.86. The van der Waals surface area contributed by atoms with Crippen LogP contribution in [0.4, 0.5) is 10.1 Å². The Balaban J connectivity index is 1.74. The molecule has 0 fully saturated rings. The van der Waals surface area contributed by atoms with Crippen LogP contribution in [-0.2, 0) is 4.79 Å². The number of amides is 1. The molecule has 1 amide bonds. The van der Waals surface area contributed by atoms with Gasteiger partial charge in [0.05, 0.1) is 11.1 Å². The molecule has 0 aliphatic carbocycles. The Kier molecular flexibility index (Phi) is 4.41. The lowest BCUT2D eigenvalue weighted by Crippen LogP contribution is -2.28. The fourth-order valence-electron chi connectivity index (χ4n) is 2.37. The molecule has 0 spiro atoms. The highest BCUT2D eigenvalue weighted by Crippen LogP contribution is 2.32. The van der Waals surface area contributed by atoms with E-state index in [0.29, 0.717) is 22.2 Å². The van der Waals surface area contributed by atoms with E-state index in [0.717, 1.165) is 0 Å². The maximum absolute atomic E-state index is 13.1. The van der Waals surface area contributed by atoms with Crippen molar-refractivity contribution in [1.29, 1.82) is 0 Å². The first-order valence-corrected chi connectivity index (χ1v) is 8.28. The van der Waals surface area contributed by atoms with Crippen molar-refractivity contribution >= 4 is 35.0 Å². The number of rotatable bonds is 3.